The van der Waals surface area contributed by atoms with Gasteiger partial charge in [0.05, 0.1) is 12.5 Å². The van der Waals surface area contributed by atoms with Crippen molar-refractivity contribution in [2.45, 2.75) is 25.1 Å². The number of hydrogen-bond donors (Lipinski definition) is 3. The average molecular weight is 405 g/mol. The van der Waals surface area contributed by atoms with Crippen LogP contribution < -0.4 is 10.6 Å². The fourth-order valence-corrected chi connectivity index (χ4v) is 2.62. The fraction of sp³-hybridized carbons (Fsp3) is 0.250. The largest absolute Gasteiger partial charge is 0.508 e. The van der Waals surface area contributed by atoms with Crippen LogP contribution in [0.5, 0.6) is 5.75 Å². The molecule has 0 saturated carbocycles. The first-order valence-electron chi connectivity index (χ1n) is 8.57. The van der Waals surface area contributed by atoms with Crippen molar-refractivity contribution in [1.82, 2.24) is 10.6 Å². The van der Waals surface area contributed by atoms with Crippen LogP contribution in [0.1, 0.15) is 21.5 Å². The number of carbonyl (C=O) groups excluding carboxylic acids is 2. The molecule has 0 aromatic heterocycles. The maximum absolute atomic E-state index is 12.6. The van der Waals surface area contributed by atoms with Crippen LogP contribution in [0.3, 0.4) is 0 Å². The van der Waals surface area contributed by atoms with E-state index in [-0.39, 0.29) is 29.8 Å². The molecule has 2 aromatic rings. The molecule has 1 atom stereocenters. The van der Waals surface area contributed by atoms with Gasteiger partial charge in [-0.25, -0.2) is 0 Å². The van der Waals surface area contributed by atoms with Crippen LogP contribution in [0.25, 0.3) is 0 Å². The molecule has 2 rings (SSSR count). The van der Waals surface area contributed by atoms with Gasteiger partial charge in [-0.15, -0.1) is 0 Å². The quantitative estimate of drug-likeness (QED) is 0.616. The first kappa shape index (κ1) is 21.8. The lowest BCUT2D eigenvalue weighted by molar-refractivity contribution is -0.127. The molecule has 29 heavy (non-hydrogen) atoms. The van der Waals surface area contributed by atoms with Crippen molar-refractivity contribution in [3.8, 4) is 11.8 Å². The normalized spacial score (nSPS) is 11.9. The number of carbonyl (C=O) groups is 2. The molecule has 0 bridgehead atoms. The average Bonchev–Trinajstić information content (AvgIpc) is 2.66. The summed E-state index contributed by atoms with van der Waals surface area (Å²) >= 11 is 0. The first-order valence-corrected chi connectivity index (χ1v) is 8.57. The van der Waals surface area contributed by atoms with Gasteiger partial charge in [0.25, 0.3) is 5.91 Å². The van der Waals surface area contributed by atoms with Crippen molar-refractivity contribution in [2.24, 2.45) is 0 Å². The Morgan fingerprint density at radius 3 is 2.41 bits per heavy atom. The van der Waals surface area contributed by atoms with Gasteiger partial charge in [0.1, 0.15) is 18.3 Å². The molecule has 0 aliphatic carbocycles. The summed E-state index contributed by atoms with van der Waals surface area (Å²) in [5, 5.41) is 22.8. The molecule has 152 valence electrons. The predicted octanol–water partition coefficient (Wildman–Crippen LogP) is 2.48. The monoisotopic (exact) mass is 405 g/mol. The standard InChI is InChI=1S/C20H18F3N3O3/c21-20(22,23)12-14-2-1-3-15(10-14)18(28)26-17(19(29)25-9-8-24)11-13-4-6-16(27)7-5-13/h1-7,10,17,27H,9,11-12H2,(H,25,29)(H,26,28). The van der Waals surface area contributed by atoms with Crippen LogP contribution in [-0.4, -0.2) is 35.7 Å². The van der Waals surface area contributed by atoms with Crippen LogP contribution >= 0.6 is 0 Å². The van der Waals surface area contributed by atoms with E-state index in [1.54, 1.807) is 18.2 Å². The Morgan fingerprint density at radius 2 is 1.79 bits per heavy atom. The van der Waals surface area contributed by atoms with Crippen molar-refractivity contribution in [1.29, 1.82) is 5.26 Å². The Bertz CT molecular complexity index is 906. The summed E-state index contributed by atoms with van der Waals surface area (Å²) in [6.45, 7) is -0.262. The minimum atomic E-state index is -4.41. The van der Waals surface area contributed by atoms with Crippen LogP contribution in [0.15, 0.2) is 48.5 Å². The number of halogens is 3. The molecule has 0 aliphatic heterocycles. The second-order valence-corrected chi connectivity index (χ2v) is 6.26. The van der Waals surface area contributed by atoms with Gasteiger partial charge in [-0.3, -0.25) is 9.59 Å². The van der Waals surface area contributed by atoms with E-state index in [1.165, 1.54) is 30.3 Å². The zero-order chi connectivity index (χ0) is 21.4. The number of benzene rings is 2. The number of nitrogens with one attached hydrogen (secondary N) is 2. The van der Waals surface area contributed by atoms with Gasteiger partial charge in [-0.1, -0.05) is 24.3 Å². The highest BCUT2D eigenvalue weighted by Gasteiger charge is 2.28. The maximum atomic E-state index is 12.6. The number of phenolic OH excluding ortho intramolecular Hbond substituents is 1. The molecule has 6 nitrogen and oxygen atoms in total. The number of hydrogen-bond acceptors (Lipinski definition) is 4. The minimum absolute atomic E-state index is 0.0180. The summed E-state index contributed by atoms with van der Waals surface area (Å²) in [5.41, 5.74) is 0.538. The Balaban J connectivity index is 2.17. The molecule has 0 fully saturated rings. The Kier molecular flexibility index (Phi) is 7.20. The zero-order valence-electron chi connectivity index (χ0n) is 15.2. The van der Waals surface area contributed by atoms with Crippen LogP contribution in [0, 0.1) is 11.3 Å². The molecule has 3 N–H and O–H groups in total. The number of alkyl halides is 3. The second kappa shape index (κ2) is 9.59. The van der Waals surface area contributed by atoms with Gasteiger partial charge in [-0.05, 0) is 35.4 Å². The van der Waals surface area contributed by atoms with Gasteiger partial charge in [0, 0.05) is 12.0 Å². The third-order valence-electron chi connectivity index (χ3n) is 3.93. The molecule has 0 saturated heterocycles. The van der Waals surface area contributed by atoms with Crippen molar-refractivity contribution >= 4 is 11.8 Å². The fourth-order valence-electron chi connectivity index (χ4n) is 2.62. The lowest BCUT2D eigenvalue weighted by Crippen LogP contribution is -2.48. The number of nitrogens with zero attached hydrogens (tertiary/aromatic N) is 1. The van der Waals surface area contributed by atoms with E-state index < -0.39 is 30.5 Å². The molecule has 2 aromatic carbocycles. The third-order valence-corrected chi connectivity index (χ3v) is 3.93. The number of phenols is 1. The molecule has 1 unspecified atom stereocenters. The van der Waals surface area contributed by atoms with E-state index in [0.717, 1.165) is 6.07 Å². The number of aromatic hydroxyl groups is 1. The number of rotatable bonds is 7. The molecule has 0 radical (unpaired) electrons. The van der Waals surface area contributed by atoms with Gasteiger partial charge < -0.3 is 15.7 Å². The van der Waals surface area contributed by atoms with Gasteiger partial charge in [0.15, 0.2) is 0 Å². The zero-order valence-corrected chi connectivity index (χ0v) is 15.2. The summed E-state index contributed by atoms with van der Waals surface area (Å²) in [5.74, 6) is -1.30. The highest BCUT2D eigenvalue weighted by Crippen LogP contribution is 2.21. The highest BCUT2D eigenvalue weighted by atomic mass is 19.4. The van der Waals surface area contributed by atoms with E-state index in [9.17, 15) is 27.9 Å². The van der Waals surface area contributed by atoms with E-state index in [1.807, 2.05) is 0 Å². The summed E-state index contributed by atoms with van der Waals surface area (Å²) in [7, 11) is 0. The van der Waals surface area contributed by atoms with Crippen molar-refractivity contribution in [3.63, 3.8) is 0 Å². The predicted molar refractivity (Wildman–Crippen MR) is 97.9 cm³/mol. The first-order chi connectivity index (χ1) is 13.7. The van der Waals surface area contributed by atoms with Crippen LogP contribution in [0.4, 0.5) is 13.2 Å². The lowest BCUT2D eigenvalue weighted by atomic mass is 10.0. The summed E-state index contributed by atoms with van der Waals surface area (Å²) in [6.07, 6.45) is -5.52. The molecule has 0 aliphatic rings. The Morgan fingerprint density at radius 1 is 1.10 bits per heavy atom. The van der Waals surface area contributed by atoms with Crippen molar-refractivity contribution in [3.05, 3.63) is 65.2 Å². The molecule has 2 amide bonds. The van der Waals surface area contributed by atoms with Crippen LogP contribution in [0.2, 0.25) is 0 Å². The van der Waals surface area contributed by atoms with E-state index >= 15 is 0 Å². The smallest absolute Gasteiger partial charge is 0.393 e. The minimum Gasteiger partial charge on any atom is -0.508 e. The van der Waals surface area contributed by atoms with E-state index in [2.05, 4.69) is 10.6 Å². The van der Waals surface area contributed by atoms with Crippen molar-refractivity contribution in [2.75, 3.05) is 6.54 Å². The van der Waals surface area contributed by atoms with Gasteiger partial charge in [-0.2, -0.15) is 18.4 Å². The van der Waals surface area contributed by atoms with E-state index in [4.69, 9.17) is 5.26 Å². The highest BCUT2D eigenvalue weighted by molar-refractivity contribution is 5.97. The Labute approximate surface area is 165 Å². The molecular weight excluding hydrogens is 387 g/mol. The topological polar surface area (TPSA) is 102 Å². The molecular formula is C20H18F3N3O3. The molecule has 0 heterocycles. The number of amides is 2. The van der Waals surface area contributed by atoms with E-state index in [0.29, 0.717) is 5.56 Å². The van der Waals surface area contributed by atoms with Crippen LogP contribution in [-0.2, 0) is 17.6 Å². The van der Waals surface area contributed by atoms with Gasteiger partial charge in [0.2, 0.25) is 5.91 Å². The second-order valence-electron chi connectivity index (χ2n) is 6.26. The summed E-state index contributed by atoms with van der Waals surface area (Å²) < 4.78 is 37.7. The van der Waals surface area contributed by atoms with Gasteiger partial charge >= 0.3 is 6.18 Å². The molecule has 9 heteroatoms. The lowest BCUT2D eigenvalue weighted by Gasteiger charge is -2.18. The third kappa shape index (κ3) is 7.18. The summed E-state index contributed by atoms with van der Waals surface area (Å²) in [6, 6.07) is 11.7. The Hall–Kier alpha value is -3.54. The maximum Gasteiger partial charge on any atom is 0.393 e. The summed E-state index contributed by atoms with van der Waals surface area (Å²) in [4.78, 5) is 24.8. The SMILES string of the molecule is N#CCNC(=O)C(Cc1ccc(O)cc1)NC(=O)c1cccc(CC(F)(F)F)c1. The van der Waals surface area contributed by atoms with Crippen molar-refractivity contribution < 1.29 is 27.9 Å². The number of nitriles is 1. The molecule has 0 spiro atoms.